The molecule has 4 unspecified atom stereocenters. The van der Waals surface area contributed by atoms with Gasteiger partial charge in [-0.05, 0) is 36.0 Å². The second kappa shape index (κ2) is 4.15. The van der Waals surface area contributed by atoms with Crippen LogP contribution in [0.15, 0.2) is 28.7 Å². The van der Waals surface area contributed by atoms with E-state index in [2.05, 4.69) is 61.0 Å². The normalized spacial score (nSPS) is 38.2. The molecular formula is C14H19BrO. The van der Waals surface area contributed by atoms with Crippen LogP contribution in [0.1, 0.15) is 38.7 Å². The zero-order valence-corrected chi connectivity index (χ0v) is 11.7. The van der Waals surface area contributed by atoms with Gasteiger partial charge in [0, 0.05) is 9.89 Å². The summed E-state index contributed by atoms with van der Waals surface area (Å²) in [5.41, 5.74) is 1.40. The van der Waals surface area contributed by atoms with Crippen molar-refractivity contribution in [3.63, 3.8) is 0 Å². The maximum absolute atomic E-state index is 10.1. The minimum Gasteiger partial charge on any atom is -0.392 e. The second-order valence-electron chi connectivity index (χ2n) is 5.19. The maximum atomic E-state index is 10.1. The fourth-order valence-electron chi connectivity index (χ4n) is 3.23. The van der Waals surface area contributed by atoms with Crippen LogP contribution in [0.3, 0.4) is 0 Å². The molecule has 0 heterocycles. The Balaban J connectivity index is 2.30. The van der Waals surface area contributed by atoms with Gasteiger partial charge in [-0.2, -0.15) is 0 Å². The van der Waals surface area contributed by atoms with Crippen molar-refractivity contribution in [1.29, 1.82) is 0 Å². The van der Waals surface area contributed by atoms with Crippen LogP contribution in [0, 0.1) is 11.3 Å². The average molecular weight is 283 g/mol. The molecule has 0 bridgehead atoms. The van der Waals surface area contributed by atoms with Crippen molar-refractivity contribution in [2.24, 2.45) is 11.3 Å². The first-order valence-electron chi connectivity index (χ1n) is 5.94. The minimum absolute atomic E-state index is 0.0489. The second-order valence-corrected chi connectivity index (χ2v) is 6.11. The highest BCUT2D eigenvalue weighted by Crippen LogP contribution is 2.58. The Bertz CT molecular complexity index is 373. The molecule has 1 aromatic rings. The van der Waals surface area contributed by atoms with Gasteiger partial charge in [0.25, 0.3) is 0 Å². The van der Waals surface area contributed by atoms with Crippen LogP contribution in [0.4, 0.5) is 0 Å². The molecule has 88 valence electrons. The lowest BCUT2D eigenvalue weighted by Gasteiger charge is -2.57. The summed E-state index contributed by atoms with van der Waals surface area (Å²) >= 11 is 3.46. The average Bonchev–Trinajstić information content (AvgIpc) is 2.31. The van der Waals surface area contributed by atoms with Crippen LogP contribution in [0.5, 0.6) is 0 Å². The summed E-state index contributed by atoms with van der Waals surface area (Å²) in [7, 11) is 0. The van der Waals surface area contributed by atoms with E-state index < -0.39 is 0 Å². The Morgan fingerprint density at radius 3 is 2.38 bits per heavy atom. The Labute approximate surface area is 106 Å². The molecule has 0 aromatic heterocycles. The largest absolute Gasteiger partial charge is 0.392 e. The van der Waals surface area contributed by atoms with Crippen LogP contribution in [-0.2, 0) is 0 Å². The molecule has 2 heteroatoms. The van der Waals surface area contributed by atoms with Crippen LogP contribution in [-0.4, -0.2) is 11.2 Å². The molecule has 16 heavy (non-hydrogen) atoms. The molecule has 1 N–H and O–H groups in total. The lowest BCUT2D eigenvalue weighted by Crippen LogP contribution is -2.56. The molecule has 0 amide bonds. The molecule has 1 aliphatic rings. The molecule has 1 aromatic carbocycles. The van der Waals surface area contributed by atoms with Gasteiger partial charge >= 0.3 is 0 Å². The summed E-state index contributed by atoms with van der Waals surface area (Å²) in [6.45, 7) is 6.51. The van der Waals surface area contributed by atoms with Crippen molar-refractivity contribution in [1.82, 2.24) is 0 Å². The fourth-order valence-corrected chi connectivity index (χ4v) is 3.50. The van der Waals surface area contributed by atoms with Gasteiger partial charge in [0.15, 0.2) is 0 Å². The predicted molar refractivity (Wildman–Crippen MR) is 70.5 cm³/mol. The molecule has 1 nitrogen and oxygen atoms in total. The molecule has 1 saturated carbocycles. The Kier molecular flexibility index (Phi) is 3.15. The summed E-state index contributed by atoms with van der Waals surface area (Å²) in [6, 6.07) is 8.52. The monoisotopic (exact) mass is 282 g/mol. The van der Waals surface area contributed by atoms with Gasteiger partial charge in [0.2, 0.25) is 0 Å². The topological polar surface area (TPSA) is 20.2 Å². The van der Waals surface area contributed by atoms with E-state index >= 15 is 0 Å². The van der Waals surface area contributed by atoms with Crippen molar-refractivity contribution in [2.75, 3.05) is 0 Å². The molecule has 0 aliphatic heterocycles. The van der Waals surface area contributed by atoms with Crippen LogP contribution >= 0.6 is 15.9 Å². The summed E-state index contributed by atoms with van der Waals surface area (Å²) < 4.78 is 1.11. The number of hydrogen-bond acceptors (Lipinski definition) is 1. The third-order valence-corrected chi connectivity index (χ3v) is 4.93. The first kappa shape index (κ1) is 12.1. The number of aliphatic hydroxyl groups is 1. The highest BCUT2D eigenvalue weighted by molar-refractivity contribution is 9.10. The third-order valence-electron chi connectivity index (χ3n) is 4.40. The van der Waals surface area contributed by atoms with Gasteiger partial charge in [-0.3, -0.25) is 0 Å². The molecule has 0 radical (unpaired) electrons. The van der Waals surface area contributed by atoms with Gasteiger partial charge in [-0.25, -0.2) is 0 Å². The van der Waals surface area contributed by atoms with E-state index in [9.17, 15) is 5.11 Å². The Morgan fingerprint density at radius 2 is 1.88 bits per heavy atom. The van der Waals surface area contributed by atoms with Gasteiger partial charge in [0.05, 0.1) is 6.10 Å². The van der Waals surface area contributed by atoms with E-state index in [-0.39, 0.29) is 11.5 Å². The highest BCUT2D eigenvalue weighted by atomic mass is 79.9. The molecule has 0 saturated heterocycles. The Hall–Kier alpha value is -0.340. The van der Waals surface area contributed by atoms with E-state index in [4.69, 9.17) is 0 Å². The number of halogens is 1. The van der Waals surface area contributed by atoms with Gasteiger partial charge < -0.3 is 5.11 Å². The predicted octanol–water partition coefficient (Wildman–Crippen LogP) is 3.96. The summed E-state index contributed by atoms with van der Waals surface area (Å²) in [6.07, 6.45) is 0.866. The molecular weight excluding hydrogens is 264 g/mol. The van der Waals surface area contributed by atoms with E-state index in [1.54, 1.807) is 0 Å². The lowest BCUT2D eigenvalue weighted by atomic mass is 9.50. The van der Waals surface area contributed by atoms with Gasteiger partial charge in [0.1, 0.15) is 0 Å². The van der Waals surface area contributed by atoms with E-state index in [0.29, 0.717) is 11.8 Å². The standard InChI is InChI=1S/C14H19BrO/c1-4-14(3)12(9(2)13(14)16)10-5-7-11(15)8-6-10/h5-9,12-13,16H,4H2,1-3H3. The van der Waals surface area contributed by atoms with E-state index in [1.807, 2.05) is 0 Å². The molecule has 1 aliphatic carbocycles. The number of aliphatic hydroxyl groups excluding tert-OH is 1. The summed E-state index contributed by atoms with van der Waals surface area (Å²) in [5.74, 6) is 0.853. The molecule has 4 atom stereocenters. The van der Waals surface area contributed by atoms with E-state index in [1.165, 1.54) is 5.56 Å². The van der Waals surface area contributed by atoms with Crippen molar-refractivity contribution in [3.05, 3.63) is 34.3 Å². The number of rotatable bonds is 2. The third kappa shape index (κ3) is 1.63. The van der Waals surface area contributed by atoms with Crippen molar-refractivity contribution in [3.8, 4) is 0 Å². The first-order chi connectivity index (χ1) is 7.50. The Morgan fingerprint density at radius 1 is 1.31 bits per heavy atom. The van der Waals surface area contributed by atoms with Crippen LogP contribution < -0.4 is 0 Å². The lowest BCUT2D eigenvalue weighted by molar-refractivity contribution is -0.129. The maximum Gasteiger partial charge on any atom is 0.0631 e. The van der Waals surface area contributed by atoms with E-state index in [0.717, 1.165) is 10.9 Å². The van der Waals surface area contributed by atoms with Gasteiger partial charge in [-0.1, -0.05) is 48.8 Å². The number of hydrogen-bond donors (Lipinski definition) is 1. The summed E-state index contributed by atoms with van der Waals surface area (Å²) in [4.78, 5) is 0. The van der Waals surface area contributed by atoms with Gasteiger partial charge in [-0.15, -0.1) is 0 Å². The molecule has 1 fully saturated rings. The fraction of sp³-hybridized carbons (Fsp3) is 0.571. The van der Waals surface area contributed by atoms with Crippen LogP contribution in [0.25, 0.3) is 0 Å². The van der Waals surface area contributed by atoms with Crippen molar-refractivity contribution >= 4 is 15.9 Å². The quantitative estimate of drug-likeness (QED) is 0.871. The zero-order chi connectivity index (χ0) is 11.9. The first-order valence-corrected chi connectivity index (χ1v) is 6.73. The molecule has 2 rings (SSSR count). The summed E-state index contributed by atoms with van der Waals surface area (Å²) in [5, 5.41) is 10.1. The highest BCUT2D eigenvalue weighted by Gasteiger charge is 2.55. The smallest absolute Gasteiger partial charge is 0.0631 e. The minimum atomic E-state index is -0.161. The van der Waals surface area contributed by atoms with Crippen LogP contribution in [0.2, 0.25) is 0 Å². The van der Waals surface area contributed by atoms with Crippen molar-refractivity contribution < 1.29 is 5.11 Å². The zero-order valence-electron chi connectivity index (χ0n) is 10.1. The SMILES string of the molecule is CCC1(C)C(O)C(C)C1c1ccc(Br)cc1. The van der Waals surface area contributed by atoms with Crippen molar-refractivity contribution in [2.45, 2.75) is 39.2 Å². The number of benzene rings is 1. The molecule has 0 spiro atoms.